The van der Waals surface area contributed by atoms with Gasteiger partial charge >= 0.3 is 0 Å². The molecule has 2 amide bonds. The van der Waals surface area contributed by atoms with Crippen molar-refractivity contribution in [2.45, 2.75) is 69.9 Å². The number of halogens is 2. The number of carbonyl (C=O) groups excluding carboxylic acids is 2. The first-order valence-corrected chi connectivity index (χ1v) is 18.2. The molecule has 0 unspecified atom stereocenters. The standard InChI is InChI=1S/C37H45Cl2N3O3/c38-33-21-28(22-34(39)32(33)20-27-5-8-42(37(27)44)31-6-13-45-14-7-31)25-1-3-26(4-2-25)36(43)41-11-9-40(10-12-41)35-29-16-23-15-24(18-29)19-30(35)17-23/h1-4,21-24,27,29-31,35H,5-20H2/t23?,24?,27-,29?,30?,35?/m0/s1. The Hall–Kier alpha value is -2.12. The van der Waals surface area contributed by atoms with Gasteiger partial charge in [-0.25, -0.2) is 0 Å². The van der Waals surface area contributed by atoms with Gasteiger partial charge in [0.2, 0.25) is 5.91 Å². The molecule has 2 aromatic carbocycles. The van der Waals surface area contributed by atoms with Gasteiger partial charge in [0.05, 0.1) is 0 Å². The van der Waals surface area contributed by atoms with E-state index in [1.807, 2.05) is 41.3 Å². The molecule has 4 bridgehead atoms. The van der Waals surface area contributed by atoms with Crippen molar-refractivity contribution >= 4 is 35.0 Å². The number of amides is 2. The smallest absolute Gasteiger partial charge is 0.253 e. The van der Waals surface area contributed by atoms with Gasteiger partial charge in [-0.1, -0.05) is 35.3 Å². The van der Waals surface area contributed by atoms with Gasteiger partial charge in [-0.15, -0.1) is 0 Å². The minimum absolute atomic E-state index is 0.0892. The lowest BCUT2D eigenvalue weighted by atomic mass is 9.54. The SMILES string of the molecule is O=C(c1ccc(-c2cc(Cl)c(C[C@@H]3CCN(C4CCOCC4)C3=O)c(Cl)c2)cc1)N1CCN(C2C3CC4CC(C3)CC2C4)CC1. The number of nitrogens with zero attached hydrogens (tertiary/aromatic N) is 3. The number of carbonyl (C=O) groups is 2. The van der Waals surface area contributed by atoms with Gasteiger partial charge < -0.3 is 14.5 Å². The second-order valence-electron chi connectivity index (χ2n) is 14.8. The molecule has 7 fully saturated rings. The first-order valence-electron chi connectivity index (χ1n) is 17.4. The van der Waals surface area contributed by atoms with Crippen LogP contribution in [0.4, 0.5) is 0 Å². The molecule has 8 heteroatoms. The van der Waals surface area contributed by atoms with Crippen molar-refractivity contribution in [1.29, 1.82) is 0 Å². The largest absolute Gasteiger partial charge is 0.381 e. The van der Waals surface area contributed by atoms with Crippen LogP contribution in [0.3, 0.4) is 0 Å². The lowest BCUT2D eigenvalue weighted by Crippen LogP contribution is -2.60. The first kappa shape index (κ1) is 30.2. The summed E-state index contributed by atoms with van der Waals surface area (Å²) < 4.78 is 5.49. The molecule has 2 aromatic rings. The van der Waals surface area contributed by atoms with Crippen molar-refractivity contribution in [3.8, 4) is 11.1 Å². The van der Waals surface area contributed by atoms with Crippen molar-refractivity contribution in [2.24, 2.45) is 29.6 Å². The molecule has 240 valence electrons. The molecule has 45 heavy (non-hydrogen) atoms. The van der Waals surface area contributed by atoms with Gasteiger partial charge in [0, 0.05) is 79.5 Å². The van der Waals surface area contributed by atoms with Crippen LogP contribution in [0.1, 0.15) is 67.3 Å². The Morgan fingerprint density at radius 3 is 2.02 bits per heavy atom. The second kappa shape index (κ2) is 12.5. The van der Waals surface area contributed by atoms with E-state index in [1.54, 1.807) is 0 Å². The van der Waals surface area contributed by atoms with E-state index >= 15 is 0 Å². The summed E-state index contributed by atoms with van der Waals surface area (Å²) in [5.41, 5.74) is 3.45. The molecule has 3 saturated heterocycles. The van der Waals surface area contributed by atoms with Gasteiger partial charge in [-0.05, 0) is 122 Å². The van der Waals surface area contributed by atoms with Crippen LogP contribution in [0, 0.1) is 29.6 Å². The van der Waals surface area contributed by atoms with Crippen LogP contribution in [-0.2, 0) is 16.0 Å². The maximum Gasteiger partial charge on any atom is 0.253 e. The summed E-state index contributed by atoms with van der Waals surface area (Å²) in [7, 11) is 0. The molecule has 1 atom stereocenters. The highest BCUT2D eigenvalue weighted by Gasteiger charge is 2.50. The highest BCUT2D eigenvalue weighted by Crippen LogP contribution is 2.55. The maximum atomic E-state index is 13.5. The molecule has 0 spiro atoms. The Bertz CT molecular complexity index is 1380. The van der Waals surface area contributed by atoms with Gasteiger partial charge in [0.15, 0.2) is 0 Å². The summed E-state index contributed by atoms with van der Waals surface area (Å²) >= 11 is 13.6. The van der Waals surface area contributed by atoms with Gasteiger partial charge in [0.1, 0.15) is 0 Å². The fourth-order valence-corrected chi connectivity index (χ4v) is 10.9. The van der Waals surface area contributed by atoms with E-state index in [2.05, 4.69) is 9.80 Å². The quantitative estimate of drug-likeness (QED) is 0.345. The van der Waals surface area contributed by atoms with E-state index < -0.39 is 0 Å². The van der Waals surface area contributed by atoms with Gasteiger partial charge in [0.25, 0.3) is 5.91 Å². The minimum Gasteiger partial charge on any atom is -0.381 e. The van der Waals surface area contributed by atoms with E-state index in [9.17, 15) is 9.59 Å². The third-order valence-corrected chi connectivity index (χ3v) is 12.9. The predicted molar refractivity (Wildman–Crippen MR) is 178 cm³/mol. The fourth-order valence-electron chi connectivity index (χ4n) is 10.2. The molecule has 3 aliphatic heterocycles. The summed E-state index contributed by atoms with van der Waals surface area (Å²) in [5, 5.41) is 1.18. The number of likely N-dealkylation sites (tertiary alicyclic amines) is 1. The number of benzene rings is 2. The molecule has 9 rings (SSSR count). The topological polar surface area (TPSA) is 53.1 Å². The first-order chi connectivity index (χ1) is 21.9. The number of piperazine rings is 1. The van der Waals surface area contributed by atoms with Crippen molar-refractivity contribution in [2.75, 3.05) is 45.9 Å². The summed E-state index contributed by atoms with van der Waals surface area (Å²) in [6.07, 6.45) is 10.5. The maximum absolute atomic E-state index is 13.5. The summed E-state index contributed by atoms with van der Waals surface area (Å²) in [4.78, 5) is 33.5. The Kier molecular flexibility index (Phi) is 8.38. The third-order valence-electron chi connectivity index (χ3n) is 12.2. The summed E-state index contributed by atoms with van der Waals surface area (Å²) in [6.45, 7) is 5.88. The van der Waals surface area contributed by atoms with E-state index in [1.165, 1.54) is 32.1 Å². The van der Waals surface area contributed by atoms with Crippen LogP contribution in [0.15, 0.2) is 36.4 Å². The van der Waals surface area contributed by atoms with Crippen LogP contribution in [0.2, 0.25) is 10.0 Å². The zero-order valence-electron chi connectivity index (χ0n) is 26.1. The molecule has 4 saturated carbocycles. The average molecular weight is 651 g/mol. The lowest BCUT2D eigenvalue weighted by molar-refractivity contribution is -0.134. The molecule has 0 N–H and O–H groups in total. The minimum atomic E-state index is -0.0892. The zero-order valence-corrected chi connectivity index (χ0v) is 27.7. The highest BCUT2D eigenvalue weighted by atomic mass is 35.5. The van der Waals surface area contributed by atoms with Crippen molar-refractivity contribution < 1.29 is 14.3 Å². The van der Waals surface area contributed by atoms with Crippen LogP contribution < -0.4 is 0 Å². The zero-order chi connectivity index (χ0) is 30.7. The Morgan fingerprint density at radius 1 is 0.778 bits per heavy atom. The van der Waals surface area contributed by atoms with Crippen LogP contribution in [0.25, 0.3) is 11.1 Å². The van der Waals surface area contributed by atoms with Crippen molar-refractivity contribution in [1.82, 2.24) is 14.7 Å². The number of hydrogen-bond acceptors (Lipinski definition) is 4. The molecule has 7 aliphatic rings. The summed E-state index contributed by atoms with van der Waals surface area (Å²) in [6, 6.07) is 12.8. The van der Waals surface area contributed by atoms with Crippen LogP contribution in [-0.4, -0.2) is 84.5 Å². The van der Waals surface area contributed by atoms with Crippen molar-refractivity contribution in [3.63, 3.8) is 0 Å². The lowest BCUT2D eigenvalue weighted by Gasteiger charge is -2.58. The second-order valence-corrected chi connectivity index (χ2v) is 15.6. The molecule has 0 aromatic heterocycles. The number of hydrogen-bond donors (Lipinski definition) is 0. The normalized spacial score (nSPS) is 32.1. The fraction of sp³-hybridized carbons (Fsp3) is 0.622. The van der Waals surface area contributed by atoms with Gasteiger partial charge in [-0.2, -0.15) is 0 Å². The molecule has 6 nitrogen and oxygen atoms in total. The van der Waals surface area contributed by atoms with Crippen molar-refractivity contribution in [3.05, 3.63) is 57.6 Å². The Morgan fingerprint density at radius 2 is 1.40 bits per heavy atom. The Balaban J connectivity index is 0.884. The average Bonchev–Trinajstić information content (AvgIpc) is 3.42. The van der Waals surface area contributed by atoms with Crippen LogP contribution in [0.5, 0.6) is 0 Å². The van der Waals surface area contributed by atoms with Crippen LogP contribution >= 0.6 is 23.2 Å². The van der Waals surface area contributed by atoms with Gasteiger partial charge in [-0.3, -0.25) is 14.5 Å². The predicted octanol–water partition coefficient (Wildman–Crippen LogP) is 6.81. The Labute approximate surface area is 277 Å². The molecular weight excluding hydrogens is 605 g/mol. The van der Waals surface area contributed by atoms with E-state index in [0.717, 1.165) is 117 Å². The molecule has 3 heterocycles. The highest BCUT2D eigenvalue weighted by molar-refractivity contribution is 6.36. The molecular formula is C37H45Cl2N3O3. The summed E-state index contributed by atoms with van der Waals surface area (Å²) in [5.74, 6) is 4.02. The molecule has 4 aliphatic carbocycles. The molecule has 0 radical (unpaired) electrons. The van der Waals surface area contributed by atoms with E-state index in [-0.39, 0.29) is 23.8 Å². The monoisotopic (exact) mass is 649 g/mol. The number of rotatable bonds is 6. The van der Waals surface area contributed by atoms with E-state index in [4.69, 9.17) is 27.9 Å². The number of ether oxygens (including phenoxy) is 1. The van der Waals surface area contributed by atoms with E-state index in [0.29, 0.717) is 16.5 Å². The third kappa shape index (κ3) is 5.83.